The molecular weight excluding hydrogens is 454 g/mol. The number of nitrogens with zero attached hydrogens (tertiary/aromatic N) is 4. The molecule has 3 heterocycles. The zero-order valence-corrected chi connectivity index (χ0v) is 21.8. The van der Waals surface area contributed by atoms with Crippen molar-refractivity contribution in [2.24, 2.45) is 16.0 Å². The van der Waals surface area contributed by atoms with Gasteiger partial charge in [-0.15, -0.1) is 0 Å². The highest BCUT2D eigenvalue weighted by molar-refractivity contribution is 8.26. The Morgan fingerprint density at radius 3 is 2.49 bits per heavy atom. The first-order valence-corrected chi connectivity index (χ1v) is 13.4. The lowest BCUT2D eigenvalue weighted by Gasteiger charge is -2.20. The molecule has 1 N–H and O–H groups in total. The van der Waals surface area contributed by atoms with Crippen LogP contribution in [0, 0.1) is 39.0 Å². The van der Waals surface area contributed by atoms with Crippen molar-refractivity contribution in [3.63, 3.8) is 0 Å². The molecule has 0 bridgehead atoms. The van der Waals surface area contributed by atoms with Crippen LogP contribution in [0.2, 0.25) is 0 Å². The molecule has 1 amide bonds. The fourth-order valence-electron chi connectivity index (χ4n) is 5.50. The Bertz CT molecular complexity index is 1270. The Labute approximate surface area is 211 Å². The molecule has 0 saturated heterocycles. The maximum atomic E-state index is 12.9. The van der Waals surface area contributed by atoms with Crippen LogP contribution in [-0.2, 0) is 4.79 Å². The first-order valence-electron chi connectivity index (χ1n) is 12.6. The van der Waals surface area contributed by atoms with Gasteiger partial charge in [-0.05, 0) is 99.2 Å². The number of aryl methyl sites for hydroxylation is 3. The van der Waals surface area contributed by atoms with Crippen LogP contribution in [0.15, 0.2) is 39.9 Å². The third-order valence-corrected chi connectivity index (χ3v) is 8.19. The lowest BCUT2D eigenvalue weighted by molar-refractivity contribution is -0.114. The minimum absolute atomic E-state index is 0.108. The van der Waals surface area contributed by atoms with Crippen LogP contribution in [0.3, 0.4) is 0 Å². The average molecular weight is 488 g/mol. The normalized spacial score (nSPS) is 19.9. The quantitative estimate of drug-likeness (QED) is 0.477. The van der Waals surface area contributed by atoms with Crippen molar-refractivity contribution in [1.29, 1.82) is 5.41 Å². The van der Waals surface area contributed by atoms with E-state index in [-0.39, 0.29) is 17.3 Å². The van der Waals surface area contributed by atoms with Crippen LogP contribution in [-0.4, -0.2) is 31.5 Å². The van der Waals surface area contributed by atoms with Crippen LogP contribution < -0.4 is 0 Å². The second-order valence-electron chi connectivity index (χ2n) is 10.1. The summed E-state index contributed by atoms with van der Waals surface area (Å²) in [6.07, 6.45) is 10.5. The van der Waals surface area contributed by atoms with E-state index in [0.717, 1.165) is 46.4 Å². The number of carbonyl (C=O) groups is 1. The standard InChI is InChI=1S/C28H33N5OS/c1-17-12-18(2)14-23(13-17)32-19(3)15-22(20(32)4)16-24-26(29)33-28(30-27(24)34)35-25(31-33)11-10-21-8-6-5-7-9-21/h12-16,21,29H,5-11H2,1-4H3. The maximum absolute atomic E-state index is 12.9. The molecule has 1 fully saturated rings. The minimum Gasteiger partial charge on any atom is -0.318 e. The fourth-order valence-corrected chi connectivity index (χ4v) is 6.40. The van der Waals surface area contributed by atoms with E-state index in [0.29, 0.717) is 5.17 Å². The first kappa shape index (κ1) is 23.8. The average Bonchev–Trinajstić information content (AvgIpc) is 3.35. The zero-order valence-electron chi connectivity index (χ0n) is 21.0. The molecule has 0 unspecified atom stereocenters. The van der Waals surface area contributed by atoms with Crippen molar-refractivity contribution in [2.75, 3.05) is 0 Å². The number of thioether (sulfide) groups is 1. The molecule has 7 heteroatoms. The highest BCUT2D eigenvalue weighted by Gasteiger charge is 2.35. The van der Waals surface area contributed by atoms with Crippen molar-refractivity contribution in [2.45, 2.75) is 72.6 Å². The Hall–Kier alpha value is -2.93. The Morgan fingerprint density at radius 2 is 1.77 bits per heavy atom. The number of nitrogens with one attached hydrogen (secondary N) is 1. The maximum Gasteiger partial charge on any atom is 0.283 e. The van der Waals surface area contributed by atoms with Gasteiger partial charge in [0, 0.05) is 17.1 Å². The van der Waals surface area contributed by atoms with Crippen molar-refractivity contribution in [3.8, 4) is 5.69 Å². The van der Waals surface area contributed by atoms with E-state index < -0.39 is 0 Å². The van der Waals surface area contributed by atoms with Gasteiger partial charge in [0.25, 0.3) is 5.91 Å². The molecule has 2 aromatic rings. The Balaban J connectivity index is 1.39. The van der Waals surface area contributed by atoms with Gasteiger partial charge in [-0.25, -0.2) is 0 Å². The Kier molecular flexibility index (Phi) is 6.53. The fraction of sp³-hybridized carbons (Fsp3) is 0.429. The third kappa shape index (κ3) is 4.79. The van der Waals surface area contributed by atoms with Gasteiger partial charge in [0.2, 0.25) is 5.17 Å². The van der Waals surface area contributed by atoms with Gasteiger partial charge in [-0.2, -0.15) is 15.1 Å². The number of rotatable bonds is 5. The van der Waals surface area contributed by atoms with Crippen LogP contribution in [0.4, 0.5) is 0 Å². The summed E-state index contributed by atoms with van der Waals surface area (Å²) in [5.74, 6) is 0.514. The monoisotopic (exact) mass is 487 g/mol. The predicted octanol–water partition coefficient (Wildman–Crippen LogP) is 6.69. The third-order valence-electron chi connectivity index (χ3n) is 7.22. The van der Waals surface area contributed by atoms with Crippen LogP contribution in [0.1, 0.15) is 73.0 Å². The number of amidine groups is 2. The molecule has 3 aliphatic rings. The minimum atomic E-state index is -0.367. The number of hydrogen-bond donors (Lipinski definition) is 1. The molecule has 0 radical (unpaired) electrons. The zero-order chi connectivity index (χ0) is 24.7. The van der Waals surface area contributed by atoms with Crippen LogP contribution in [0.25, 0.3) is 11.8 Å². The van der Waals surface area contributed by atoms with Gasteiger partial charge in [-0.1, -0.05) is 38.2 Å². The molecule has 0 spiro atoms. The topological polar surface area (TPSA) is 73.8 Å². The summed E-state index contributed by atoms with van der Waals surface area (Å²) in [6.45, 7) is 8.32. The number of benzene rings is 1. The van der Waals surface area contributed by atoms with Crippen molar-refractivity contribution >= 4 is 39.8 Å². The molecular formula is C28H33N5OS. The number of aliphatic imine (C=N–C) groups is 1. The summed E-state index contributed by atoms with van der Waals surface area (Å²) < 4.78 is 2.20. The summed E-state index contributed by atoms with van der Waals surface area (Å²) in [6, 6.07) is 8.56. The summed E-state index contributed by atoms with van der Waals surface area (Å²) in [5.41, 5.74) is 6.84. The lowest BCUT2D eigenvalue weighted by Crippen LogP contribution is -2.35. The van der Waals surface area contributed by atoms with Crippen LogP contribution in [0.5, 0.6) is 0 Å². The molecule has 5 rings (SSSR count). The number of hydrogen-bond acceptors (Lipinski definition) is 4. The second-order valence-corrected chi connectivity index (χ2v) is 11.1. The van der Waals surface area contributed by atoms with Gasteiger partial charge in [0.15, 0.2) is 5.84 Å². The highest BCUT2D eigenvalue weighted by atomic mass is 32.2. The lowest BCUT2D eigenvalue weighted by atomic mass is 9.86. The number of aromatic nitrogens is 1. The molecule has 0 atom stereocenters. The van der Waals surface area contributed by atoms with E-state index in [2.05, 4.69) is 66.6 Å². The summed E-state index contributed by atoms with van der Waals surface area (Å²) in [4.78, 5) is 17.2. The summed E-state index contributed by atoms with van der Waals surface area (Å²) >= 11 is 1.44. The molecule has 182 valence electrons. The van der Waals surface area contributed by atoms with E-state index >= 15 is 0 Å². The number of amides is 1. The molecule has 1 saturated carbocycles. The van der Waals surface area contributed by atoms with Crippen molar-refractivity contribution < 1.29 is 4.79 Å². The molecule has 1 aromatic heterocycles. The van der Waals surface area contributed by atoms with Gasteiger partial charge < -0.3 is 4.57 Å². The van der Waals surface area contributed by atoms with E-state index in [4.69, 9.17) is 5.41 Å². The number of hydrazone groups is 1. The summed E-state index contributed by atoms with van der Waals surface area (Å²) in [5, 5.41) is 16.4. The van der Waals surface area contributed by atoms with Gasteiger partial charge >= 0.3 is 0 Å². The molecule has 2 aliphatic heterocycles. The molecule has 1 aromatic carbocycles. The molecule has 6 nitrogen and oxygen atoms in total. The van der Waals surface area contributed by atoms with Crippen LogP contribution >= 0.6 is 11.8 Å². The van der Waals surface area contributed by atoms with E-state index in [1.54, 1.807) is 6.08 Å². The van der Waals surface area contributed by atoms with Gasteiger partial charge in [0.1, 0.15) is 5.04 Å². The largest absolute Gasteiger partial charge is 0.318 e. The Morgan fingerprint density at radius 1 is 1.06 bits per heavy atom. The number of fused-ring (bicyclic) bond motifs is 1. The van der Waals surface area contributed by atoms with Gasteiger partial charge in [0.05, 0.1) is 5.57 Å². The van der Waals surface area contributed by atoms with E-state index in [1.807, 2.05) is 0 Å². The van der Waals surface area contributed by atoms with E-state index in [1.165, 1.54) is 60.0 Å². The first-order chi connectivity index (χ1) is 16.8. The molecule has 35 heavy (non-hydrogen) atoms. The predicted molar refractivity (Wildman–Crippen MR) is 146 cm³/mol. The number of carbonyl (C=O) groups excluding carboxylic acids is 1. The second kappa shape index (κ2) is 9.61. The summed E-state index contributed by atoms with van der Waals surface area (Å²) in [7, 11) is 0. The molecule has 1 aliphatic carbocycles. The van der Waals surface area contributed by atoms with Crippen molar-refractivity contribution in [1.82, 2.24) is 9.58 Å². The smallest absolute Gasteiger partial charge is 0.283 e. The van der Waals surface area contributed by atoms with Gasteiger partial charge in [-0.3, -0.25) is 10.2 Å². The highest BCUT2D eigenvalue weighted by Crippen LogP contribution is 2.33. The SMILES string of the molecule is Cc1cc(C)cc(-n2c(C)cc(C=C3C(=N)N4N=C(CCC5CCCCC5)SC4=NC3=O)c2C)c1. The van der Waals surface area contributed by atoms with E-state index in [9.17, 15) is 4.79 Å². The van der Waals surface area contributed by atoms with Crippen molar-refractivity contribution in [3.05, 3.63) is 57.9 Å².